The van der Waals surface area contributed by atoms with E-state index in [2.05, 4.69) is 15.5 Å². The fourth-order valence-electron chi connectivity index (χ4n) is 2.22. The zero-order valence-electron chi connectivity index (χ0n) is 9.65. The number of hydrogen-bond acceptors (Lipinski definition) is 4. The number of hydrogen-bond donors (Lipinski definition) is 4. The Labute approximate surface area is 99.6 Å². The van der Waals surface area contributed by atoms with Crippen molar-refractivity contribution in [1.29, 1.82) is 0 Å². The molecule has 1 heterocycles. The van der Waals surface area contributed by atoms with Gasteiger partial charge >= 0.3 is 0 Å². The Balaban J connectivity index is 1.86. The standard InChI is InChI=1S/C11H18N4O2/c12-8-6-14-15-10(8)11(17)13-5-7-3-1-2-4-9(7)16/h6-7,9,16H,1-5,12H2,(H,13,17)(H,14,15). The highest BCUT2D eigenvalue weighted by atomic mass is 16.3. The van der Waals surface area contributed by atoms with Gasteiger partial charge in [-0.3, -0.25) is 9.89 Å². The third-order valence-electron chi connectivity index (χ3n) is 3.29. The SMILES string of the molecule is Nc1cn[nH]c1C(=O)NCC1CCCCC1O. The first kappa shape index (κ1) is 11.9. The summed E-state index contributed by atoms with van der Waals surface area (Å²) in [6.07, 6.45) is 5.07. The van der Waals surface area contributed by atoms with Crippen LogP contribution in [0.2, 0.25) is 0 Å². The summed E-state index contributed by atoms with van der Waals surface area (Å²) in [6.45, 7) is 0.485. The summed E-state index contributed by atoms with van der Waals surface area (Å²) in [5, 5.41) is 18.8. The molecule has 1 saturated carbocycles. The molecule has 1 amide bonds. The van der Waals surface area contributed by atoms with Crippen LogP contribution >= 0.6 is 0 Å². The second-order valence-electron chi connectivity index (χ2n) is 4.52. The molecule has 0 radical (unpaired) electrons. The molecule has 5 N–H and O–H groups in total. The Bertz CT molecular complexity index is 391. The minimum Gasteiger partial charge on any atom is -0.396 e. The molecular formula is C11H18N4O2. The number of amides is 1. The topological polar surface area (TPSA) is 104 Å². The average molecular weight is 238 g/mol. The van der Waals surface area contributed by atoms with E-state index in [1.54, 1.807) is 0 Å². The van der Waals surface area contributed by atoms with Gasteiger partial charge in [0.05, 0.1) is 18.0 Å². The molecule has 94 valence electrons. The zero-order valence-corrected chi connectivity index (χ0v) is 9.65. The second-order valence-corrected chi connectivity index (χ2v) is 4.52. The molecule has 0 aliphatic heterocycles. The van der Waals surface area contributed by atoms with E-state index in [4.69, 9.17) is 5.73 Å². The largest absolute Gasteiger partial charge is 0.396 e. The van der Waals surface area contributed by atoms with Crippen LogP contribution in [0, 0.1) is 5.92 Å². The summed E-state index contributed by atoms with van der Waals surface area (Å²) < 4.78 is 0. The molecule has 1 fully saturated rings. The Kier molecular flexibility index (Phi) is 3.63. The highest BCUT2D eigenvalue weighted by Gasteiger charge is 2.23. The molecule has 1 aromatic rings. The summed E-state index contributed by atoms with van der Waals surface area (Å²) >= 11 is 0. The number of carbonyl (C=O) groups is 1. The predicted octanol–water partition coefficient (Wildman–Crippen LogP) is 0.273. The van der Waals surface area contributed by atoms with E-state index in [0.29, 0.717) is 12.2 Å². The van der Waals surface area contributed by atoms with Crippen molar-refractivity contribution in [2.45, 2.75) is 31.8 Å². The first-order valence-corrected chi connectivity index (χ1v) is 5.93. The van der Waals surface area contributed by atoms with Crippen LogP contribution in [0.3, 0.4) is 0 Å². The summed E-state index contributed by atoms with van der Waals surface area (Å²) in [5.74, 6) is -0.116. The van der Waals surface area contributed by atoms with Crippen molar-refractivity contribution in [3.05, 3.63) is 11.9 Å². The van der Waals surface area contributed by atoms with Gasteiger partial charge < -0.3 is 16.2 Å². The van der Waals surface area contributed by atoms with Crippen molar-refractivity contribution in [3.63, 3.8) is 0 Å². The lowest BCUT2D eigenvalue weighted by atomic mass is 9.86. The van der Waals surface area contributed by atoms with Crippen LogP contribution in [0.25, 0.3) is 0 Å². The lowest BCUT2D eigenvalue weighted by molar-refractivity contribution is 0.0662. The molecule has 0 spiro atoms. The van der Waals surface area contributed by atoms with E-state index in [0.717, 1.165) is 25.7 Å². The minimum atomic E-state index is -0.303. The monoisotopic (exact) mass is 238 g/mol. The average Bonchev–Trinajstić information content (AvgIpc) is 2.74. The lowest BCUT2D eigenvalue weighted by Crippen LogP contribution is -2.37. The van der Waals surface area contributed by atoms with Gasteiger partial charge in [0.1, 0.15) is 5.69 Å². The van der Waals surface area contributed by atoms with Crippen molar-refractivity contribution >= 4 is 11.6 Å². The normalized spacial score (nSPS) is 24.5. The summed E-state index contributed by atoms with van der Waals surface area (Å²) in [4.78, 5) is 11.7. The van der Waals surface area contributed by atoms with E-state index in [-0.39, 0.29) is 23.6 Å². The van der Waals surface area contributed by atoms with Crippen LogP contribution in [-0.2, 0) is 0 Å². The third kappa shape index (κ3) is 2.76. The summed E-state index contributed by atoms with van der Waals surface area (Å²) in [5.41, 5.74) is 6.20. The van der Waals surface area contributed by atoms with Gasteiger partial charge in [-0.1, -0.05) is 12.8 Å². The minimum absolute atomic E-state index is 0.150. The number of nitrogens with one attached hydrogen (secondary N) is 2. The van der Waals surface area contributed by atoms with Gasteiger partial charge in [0.25, 0.3) is 5.91 Å². The first-order chi connectivity index (χ1) is 8.18. The maximum absolute atomic E-state index is 11.7. The van der Waals surface area contributed by atoms with Gasteiger partial charge in [0.15, 0.2) is 0 Å². The number of nitrogens with two attached hydrogens (primary N) is 1. The van der Waals surface area contributed by atoms with Gasteiger partial charge in [-0.15, -0.1) is 0 Å². The molecule has 1 aliphatic carbocycles. The maximum Gasteiger partial charge on any atom is 0.271 e. The quantitative estimate of drug-likeness (QED) is 0.606. The summed E-state index contributed by atoms with van der Waals surface area (Å²) in [6, 6.07) is 0. The number of aliphatic hydroxyl groups is 1. The van der Waals surface area contributed by atoms with E-state index in [1.807, 2.05) is 0 Å². The number of anilines is 1. The number of H-pyrrole nitrogens is 1. The van der Waals surface area contributed by atoms with Gasteiger partial charge in [-0.25, -0.2) is 0 Å². The van der Waals surface area contributed by atoms with Gasteiger partial charge in [0, 0.05) is 12.5 Å². The zero-order chi connectivity index (χ0) is 12.3. The fraction of sp³-hybridized carbons (Fsp3) is 0.636. The van der Waals surface area contributed by atoms with Crippen molar-refractivity contribution in [1.82, 2.24) is 15.5 Å². The molecule has 1 aromatic heterocycles. The van der Waals surface area contributed by atoms with E-state index in [9.17, 15) is 9.90 Å². The van der Waals surface area contributed by atoms with E-state index < -0.39 is 0 Å². The molecule has 1 aliphatic rings. The molecule has 6 heteroatoms. The first-order valence-electron chi connectivity index (χ1n) is 5.93. The molecule has 2 rings (SSSR count). The van der Waals surface area contributed by atoms with Crippen LogP contribution < -0.4 is 11.1 Å². The van der Waals surface area contributed by atoms with E-state index >= 15 is 0 Å². The number of aliphatic hydroxyl groups excluding tert-OH is 1. The Morgan fingerprint density at radius 1 is 1.59 bits per heavy atom. The van der Waals surface area contributed by atoms with E-state index in [1.165, 1.54) is 6.20 Å². The highest BCUT2D eigenvalue weighted by Crippen LogP contribution is 2.23. The van der Waals surface area contributed by atoms with Crippen molar-refractivity contribution in [2.24, 2.45) is 5.92 Å². The molecule has 0 saturated heterocycles. The number of nitrogens with zero attached hydrogens (tertiary/aromatic N) is 1. The predicted molar refractivity (Wildman–Crippen MR) is 63.3 cm³/mol. The molecular weight excluding hydrogens is 220 g/mol. The van der Waals surface area contributed by atoms with Crippen LogP contribution in [0.15, 0.2) is 6.20 Å². The molecule has 2 unspecified atom stereocenters. The number of aromatic amines is 1. The lowest BCUT2D eigenvalue weighted by Gasteiger charge is -2.27. The van der Waals surface area contributed by atoms with Crippen LogP contribution in [0.1, 0.15) is 36.2 Å². The molecule has 2 atom stereocenters. The van der Waals surface area contributed by atoms with Crippen molar-refractivity contribution < 1.29 is 9.90 Å². The van der Waals surface area contributed by atoms with Gasteiger partial charge in [-0.05, 0) is 12.8 Å². The summed E-state index contributed by atoms with van der Waals surface area (Å²) in [7, 11) is 0. The fourth-order valence-corrected chi connectivity index (χ4v) is 2.22. The Hall–Kier alpha value is -1.56. The maximum atomic E-state index is 11.7. The smallest absolute Gasteiger partial charge is 0.271 e. The number of rotatable bonds is 3. The third-order valence-corrected chi connectivity index (χ3v) is 3.29. The van der Waals surface area contributed by atoms with Crippen molar-refractivity contribution in [2.75, 3.05) is 12.3 Å². The Morgan fingerprint density at radius 3 is 3.00 bits per heavy atom. The van der Waals surface area contributed by atoms with Gasteiger partial charge in [0.2, 0.25) is 0 Å². The van der Waals surface area contributed by atoms with Crippen molar-refractivity contribution in [3.8, 4) is 0 Å². The molecule has 0 bridgehead atoms. The van der Waals surface area contributed by atoms with Gasteiger partial charge in [-0.2, -0.15) is 5.10 Å². The second kappa shape index (κ2) is 5.18. The van der Waals surface area contributed by atoms with Crippen LogP contribution in [-0.4, -0.2) is 33.9 Å². The number of nitrogen functional groups attached to an aromatic ring is 1. The number of aromatic nitrogens is 2. The van der Waals surface area contributed by atoms with Crippen LogP contribution in [0.5, 0.6) is 0 Å². The van der Waals surface area contributed by atoms with Crippen LogP contribution in [0.4, 0.5) is 5.69 Å². The Morgan fingerprint density at radius 2 is 2.35 bits per heavy atom. The molecule has 6 nitrogen and oxygen atoms in total. The number of carbonyl (C=O) groups excluding carboxylic acids is 1. The molecule has 0 aromatic carbocycles. The molecule has 17 heavy (non-hydrogen) atoms. The highest BCUT2D eigenvalue weighted by molar-refractivity contribution is 5.96.